The number of aliphatic hydroxyl groups is 1. The normalized spacial score (nSPS) is 16.2. The summed E-state index contributed by atoms with van der Waals surface area (Å²) in [4.78, 5) is 0. The Morgan fingerprint density at radius 3 is 2.24 bits per heavy atom. The highest BCUT2D eigenvalue weighted by atomic mass is 16.5. The highest BCUT2D eigenvalue weighted by Gasteiger charge is 2.24. The Hall–Kier alpha value is -0.160. The Balaban J connectivity index is 3.92. The van der Waals surface area contributed by atoms with Crippen LogP contribution in [-0.2, 0) is 9.47 Å². The van der Waals surface area contributed by atoms with Gasteiger partial charge < -0.3 is 19.9 Å². The predicted molar refractivity (Wildman–Crippen MR) is 70.3 cm³/mol. The number of ether oxygens (including phenoxy) is 2. The van der Waals surface area contributed by atoms with Crippen LogP contribution in [0.5, 0.6) is 0 Å². The van der Waals surface area contributed by atoms with Gasteiger partial charge in [0.05, 0.1) is 24.4 Å². The lowest BCUT2D eigenvalue weighted by molar-refractivity contribution is -0.0233. The third-order valence-corrected chi connectivity index (χ3v) is 2.81. The Morgan fingerprint density at radius 2 is 1.82 bits per heavy atom. The smallest absolute Gasteiger partial charge is 0.0668 e. The Kier molecular flexibility index (Phi) is 7.24. The predicted octanol–water partition coefficient (Wildman–Crippen LogP) is 1.57. The van der Waals surface area contributed by atoms with E-state index >= 15 is 0 Å². The van der Waals surface area contributed by atoms with E-state index in [1.807, 2.05) is 20.8 Å². The van der Waals surface area contributed by atoms with Crippen LogP contribution in [0, 0.1) is 0 Å². The van der Waals surface area contributed by atoms with E-state index in [0.717, 1.165) is 6.42 Å². The molecule has 0 aromatic rings. The number of nitrogens with one attached hydrogen (secondary N) is 1. The van der Waals surface area contributed by atoms with Crippen molar-refractivity contribution < 1.29 is 14.6 Å². The van der Waals surface area contributed by atoms with Crippen molar-refractivity contribution in [2.75, 3.05) is 26.9 Å². The molecule has 0 aromatic carbocycles. The van der Waals surface area contributed by atoms with Gasteiger partial charge in [-0.2, -0.15) is 0 Å². The standard InChI is InChI=1S/C13H29NO3/c1-11(2)14-13(5,9-15)10-17-8-7-12(3,4)16-6/h11,14-15H,7-10H2,1-6H3. The van der Waals surface area contributed by atoms with Crippen molar-refractivity contribution in [2.45, 2.75) is 58.2 Å². The van der Waals surface area contributed by atoms with Gasteiger partial charge in [0, 0.05) is 19.8 Å². The van der Waals surface area contributed by atoms with E-state index in [2.05, 4.69) is 19.2 Å². The molecule has 0 amide bonds. The van der Waals surface area contributed by atoms with Gasteiger partial charge >= 0.3 is 0 Å². The second kappa shape index (κ2) is 7.31. The summed E-state index contributed by atoms with van der Waals surface area (Å²) in [6.45, 7) is 11.4. The van der Waals surface area contributed by atoms with E-state index in [4.69, 9.17) is 9.47 Å². The van der Waals surface area contributed by atoms with Crippen LogP contribution in [0.15, 0.2) is 0 Å². The maximum Gasteiger partial charge on any atom is 0.0668 e. The fourth-order valence-corrected chi connectivity index (χ4v) is 1.55. The maximum atomic E-state index is 9.37. The van der Waals surface area contributed by atoms with Gasteiger partial charge in [-0.05, 0) is 27.2 Å². The number of aliphatic hydroxyl groups excluding tert-OH is 1. The molecule has 0 aromatic heterocycles. The lowest BCUT2D eigenvalue weighted by Crippen LogP contribution is -2.52. The lowest BCUT2D eigenvalue weighted by atomic mass is 10.0. The minimum Gasteiger partial charge on any atom is -0.394 e. The van der Waals surface area contributed by atoms with Crippen LogP contribution in [0.3, 0.4) is 0 Å². The number of hydrogen-bond acceptors (Lipinski definition) is 4. The molecule has 1 atom stereocenters. The zero-order valence-corrected chi connectivity index (χ0v) is 12.2. The molecule has 0 aliphatic rings. The van der Waals surface area contributed by atoms with Gasteiger partial charge in [0.1, 0.15) is 0 Å². The van der Waals surface area contributed by atoms with Gasteiger partial charge in [-0.25, -0.2) is 0 Å². The number of methoxy groups -OCH3 is 1. The van der Waals surface area contributed by atoms with Crippen LogP contribution in [0.4, 0.5) is 0 Å². The van der Waals surface area contributed by atoms with Gasteiger partial charge in [-0.1, -0.05) is 13.8 Å². The highest BCUT2D eigenvalue weighted by Crippen LogP contribution is 2.13. The fourth-order valence-electron chi connectivity index (χ4n) is 1.55. The molecule has 4 nitrogen and oxygen atoms in total. The summed E-state index contributed by atoms with van der Waals surface area (Å²) in [7, 11) is 1.71. The van der Waals surface area contributed by atoms with Crippen molar-refractivity contribution in [1.82, 2.24) is 5.32 Å². The van der Waals surface area contributed by atoms with Crippen molar-refractivity contribution in [1.29, 1.82) is 0 Å². The van der Waals surface area contributed by atoms with Crippen LogP contribution in [-0.4, -0.2) is 49.2 Å². The summed E-state index contributed by atoms with van der Waals surface area (Å²) < 4.78 is 10.9. The topological polar surface area (TPSA) is 50.7 Å². The molecule has 0 aliphatic carbocycles. The molecular weight excluding hydrogens is 218 g/mol. The molecule has 0 aliphatic heterocycles. The molecule has 1 unspecified atom stereocenters. The van der Waals surface area contributed by atoms with E-state index in [9.17, 15) is 5.11 Å². The van der Waals surface area contributed by atoms with Crippen molar-refractivity contribution in [3.8, 4) is 0 Å². The van der Waals surface area contributed by atoms with E-state index in [0.29, 0.717) is 19.3 Å². The van der Waals surface area contributed by atoms with Crippen LogP contribution >= 0.6 is 0 Å². The van der Waals surface area contributed by atoms with E-state index in [1.54, 1.807) is 7.11 Å². The average Bonchev–Trinajstić information content (AvgIpc) is 2.24. The van der Waals surface area contributed by atoms with Gasteiger partial charge in [-0.15, -0.1) is 0 Å². The van der Waals surface area contributed by atoms with Gasteiger partial charge in [-0.3, -0.25) is 0 Å². The molecule has 0 saturated carbocycles. The van der Waals surface area contributed by atoms with Gasteiger partial charge in [0.25, 0.3) is 0 Å². The number of rotatable bonds is 9. The first-order chi connectivity index (χ1) is 7.74. The SMILES string of the molecule is COC(C)(C)CCOCC(C)(CO)NC(C)C. The minimum absolute atomic E-state index is 0.0683. The first kappa shape index (κ1) is 16.8. The number of hydrogen-bond donors (Lipinski definition) is 2. The molecule has 0 rings (SSSR count). The first-order valence-corrected chi connectivity index (χ1v) is 6.26. The molecule has 0 heterocycles. The fraction of sp³-hybridized carbons (Fsp3) is 1.00. The molecule has 0 bridgehead atoms. The molecule has 0 fully saturated rings. The Bertz CT molecular complexity index is 207. The van der Waals surface area contributed by atoms with Gasteiger partial charge in [0.15, 0.2) is 0 Å². The Morgan fingerprint density at radius 1 is 1.24 bits per heavy atom. The highest BCUT2D eigenvalue weighted by molar-refractivity contribution is 4.83. The molecule has 2 N–H and O–H groups in total. The summed E-state index contributed by atoms with van der Waals surface area (Å²) in [6, 6.07) is 0.325. The minimum atomic E-state index is -0.370. The van der Waals surface area contributed by atoms with Crippen LogP contribution < -0.4 is 5.32 Å². The molecule has 0 spiro atoms. The third-order valence-electron chi connectivity index (χ3n) is 2.81. The second-order valence-electron chi connectivity index (χ2n) is 5.78. The Labute approximate surface area is 106 Å². The maximum absolute atomic E-state index is 9.37. The quantitative estimate of drug-likeness (QED) is 0.607. The molecule has 0 radical (unpaired) electrons. The third kappa shape index (κ3) is 7.71. The molecule has 4 heteroatoms. The van der Waals surface area contributed by atoms with Crippen LogP contribution in [0.2, 0.25) is 0 Å². The van der Waals surface area contributed by atoms with Crippen molar-refractivity contribution >= 4 is 0 Å². The first-order valence-electron chi connectivity index (χ1n) is 6.26. The summed E-state index contributed by atoms with van der Waals surface area (Å²) in [5.41, 5.74) is -0.521. The van der Waals surface area contributed by atoms with Crippen molar-refractivity contribution in [2.24, 2.45) is 0 Å². The summed E-state index contributed by atoms with van der Waals surface area (Å²) in [6.07, 6.45) is 0.840. The van der Waals surface area contributed by atoms with E-state index < -0.39 is 0 Å². The summed E-state index contributed by atoms with van der Waals surface area (Å²) >= 11 is 0. The lowest BCUT2D eigenvalue weighted by Gasteiger charge is -2.31. The monoisotopic (exact) mass is 247 g/mol. The van der Waals surface area contributed by atoms with E-state index in [1.165, 1.54) is 0 Å². The molecular formula is C13H29NO3. The van der Waals surface area contributed by atoms with Crippen LogP contribution in [0.25, 0.3) is 0 Å². The summed E-state index contributed by atoms with van der Waals surface area (Å²) in [5.74, 6) is 0. The largest absolute Gasteiger partial charge is 0.394 e. The zero-order valence-electron chi connectivity index (χ0n) is 12.2. The van der Waals surface area contributed by atoms with Gasteiger partial charge in [0.2, 0.25) is 0 Å². The summed E-state index contributed by atoms with van der Waals surface area (Å²) in [5, 5.41) is 12.7. The molecule has 17 heavy (non-hydrogen) atoms. The van der Waals surface area contributed by atoms with E-state index in [-0.39, 0.29) is 17.7 Å². The van der Waals surface area contributed by atoms with Crippen LogP contribution in [0.1, 0.15) is 41.0 Å². The van der Waals surface area contributed by atoms with Crippen molar-refractivity contribution in [3.05, 3.63) is 0 Å². The second-order valence-corrected chi connectivity index (χ2v) is 5.78. The molecule has 104 valence electrons. The average molecular weight is 247 g/mol. The molecule has 0 saturated heterocycles. The zero-order chi connectivity index (χ0) is 13.5. The van der Waals surface area contributed by atoms with Crippen molar-refractivity contribution in [3.63, 3.8) is 0 Å².